The third kappa shape index (κ3) is 5.35. The summed E-state index contributed by atoms with van der Waals surface area (Å²) in [5.74, 6) is -4.64. The molecule has 0 saturated carbocycles. The Hall–Kier alpha value is -3.87. The number of amides is 1. The first-order valence-corrected chi connectivity index (χ1v) is 10.5. The number of carbonyl (C=O) groups excluding carboxylic acids is 1. The zero-order valence-electron chi connectivity index (χ0n) is 18.9. The highest BCUT2D eigenvalue weighted by Crippen LogP contribution is 2.35. The number of hydrogen-bond acceptors (Lipinski definition) is 5. The summed E-state index contributed by atoms with van der Waals surface area (Å²) in [6, 6.07) is 2.26. The van der Waals surface area contributed by atoms with Crippen molar-refractivity contribution in [1.29, 1.82) is 0 Å². The van der Waals surface area contributed by atoms with E-state index in [4.69, 9.17) is 0 Å². The van der Waals surface area contributed by atoms with Gasteiger partial charge in [0.2, 0.25) is 0 Å². The number of nitrogens with zero attached hydrogens (tertiary/aromatic N) is 4. The van der Waals surface area contributed by atoms with Gasteiger partial charge in [0.1, 0.15) is 35.9 Å². The molecule has 1 aromatic heterocycles. The van der Waals surface area contributed by atoms with Gasteiger partial charge in [0, 0.05) is 17.2 Å². The topological polar surface area (TPSA) is 109 Å². The van der Waals surface area contributed by atoms with Crippen LogP contribution in [-0.4, -0.2) is 53.8 Å². The molecule has 0 spiro atoms. The maximum absolute atomic E-state index is 14.9. The Labute approximate surface area is 201 Å². The SMILES string of the molecule is CC(N(C(=O)c1ccc(C(F)(F)F)cc1)[C@H](C)C(=O)O)[C@](O)(Cn1cncn1)c1ccc(F)cc1F. The van der Waals surface area contributed by atoms with Crippen molar-refractivity contribution in [2.75, 3.05) is 0 Å². The minimum atomic E-state index is -4.67. The van der Waals surface area contributed by atoms with E-state index in [2.05, 4.69) is 10.1 Å². The lowest BCUT2D eigenvalue weighted by Gasteiger charge is -2.43. The van der Waals surface area contributed by atoms with Crippen molar-refractivity contribution in [3.8, 4) is 0 Å². The standard InChI is InChI=1S/C23H21F5N4O4/c1-13(21(34)35)32(20(33)15-3-5-16(6-4-15)23(26,27)28)14(2)22(36,10-31-12-29-11-30-31)18-8-7-17(24)9-19(18)25/h3-9,11-14,36H,10H2,1-2H3,(H,34,35)/t13-,14?,22-/m1/s1. The zero-order chi connectivity index (χ0) is 26.8. The molecule has 2 aromatic carbocycles. The fourth-order valence-corrected chi connectivity index (χ4v) is 3.83. The number of aromatic nitrogens is 3. The number of benzene rings is 2. The van der Waals surface area contributed by atoms with Crippen LogP contribution in [0.3, 0.4) is 0 Å². The molecule has 0 saturated heterocycles. The molecule has 2 N–H and O–H groups in total. The van der Waals surface area contributed by atoms with Gasteiger partial charge in [-0.15, -0.1) is 0 Å². The van der Waals surface area contributed by atoms with Crippen LogP contribution in [0.1, 0.15) is 35.3 Å². The fourth-order valence-electron chi connectivity index (χ4n) is 3.83. The molecule has 3 atom stereocenters. The van der Waals surface area contributed by atoms with E-state index in [0.29, 0.717) is 23.1 Å². The zero-order valence-corrected chi connectivity index (χ0v) is 18.9. The summed E-state index contributed by atoms with van der Waals surface area (Å²) in [7, 11) is 0. The minimum absolute atomic E-state index is 0.300. The largest absolute Gasteiger partial charge is 0.480 e. The lowest BCUT2D eigenvalue weighted by molar-refractivity contribution is -0.145. The van der Waals surface area contributed by atoms with Crippen LogP contribution in [-0.2, 0) is 23.1 Å². The van der Waals surface area contributed by atoms with E-state index in [1.807, 2.05) is 0 Å². The molecule has 0 aliphatic carbocycles. The van der Waals surface area contributed by atoms with Gasteiger partial charge >= 0.3 is 12.1 Å². The monoisotopic (exact) mass is 512 g/mol. The van der Waals surface area contributed by atoms with Crippen LogP contribution in [0.25, 0.3) is 0 Å². The Kier molecular flexibility index (Phi) is 7.43. The van der Waals surface area contributed by atoms with E-state index >= 15 is 0 Å². The highest BCUT2D eigenvalue weighted by atomic mass is 19.4. The minimum Gasteiger partial charge on any atom is -0.480 e. The second-order valence-electron chi connectivity index (χ2n) is 8.12. The van der Waals surface area contributed by atoms with Crippen LogP contribution in [0.15, 0.2) is 55.1 Å². The Morgan fingerprint density at radius 1 is 1.08 bits per heavy atom. The molecule has 8 nitrogen and oxygen atoms in total. The predicted molar refractivity (Wildman–Crippen MR) is 114 cm³/mol. The maximum Gasteiger partial charge on any atom is 0.416 e. The second kappa shape index (κ2) is 10.0. The molecule has 3 aromatic rings. The van der Waals surface area contributed by atoms with Gasteiger partial charge in [-0.25, -0.2) is 23.2 Å². The molecule has 1 unspecified atom stereocenters. The summed E-state index contributed by atoms with van der Waals surface area (Å²) in [5.41, 5.74) is -4.17. The Balaban J connectivity index is 2.13. The molecule has 1 amide bonds. The first kappa shape index (κ1) is 26.7. The average Bonchev–Trinajstić information content (AvgIpc) is 3.31. The number of hydrogen-bond donors (Lipinski definition) is 2. The van der Waals surface area contributed by atoms with Crippen molar-refractivity contribution in [3.05, 3.63) is 83.4 Å². The molecule has 0 fully saturated rings. The van der Waals surface area contributed by atoms with Gasteiger partial charge in [0.05, 0.1) is 18.2 Å². The second-order valence-corrected chi connectivity index (χ2v) is 8.12. The first-order valence-electron chi connectivity index (χ1n) is 10.5. The third-order valence-electron chi connectivity index (χ3n) is 5.84. The van der Waals surface area contributed by atoms with Gasteiger partial charge in [0.15, 0.2) is 0 Å². The molecule has 3 rings (SSSR count). The Morgan fingerprint density at radius 3 is 2.22 bits per heavy atom. The number of carboxylic acid groups (broad SMARTS) is 1. The quantitative estimate of drug-likeness (QED) is 0.448. The first-order chi connectivity index (χ1) is 16.8. The van der Waals surface area contributed by atoms with Crippen LogP contribution in [0, 0.1) is 11.6 Å². The summed E-state index contributed by atoms with van der Waals surface area (Å²) in [4.78, 5) is 29.7. The van der Waals surface area contributed by atoms with Crippen LogP contribution in [0.5, 0.6) is 0 Å². The Morgan fingerprint density at radius 2 is 1.72 bits per heavy atom. The van der Waals surface area contributed by atoms with Gasteiger partial charge in [-0.2, -0.15) is 18.3 Å². The molecular formula is C23H21F5N4O4. The van der Waals surface area contributed by atoms with Crippen molar-refractivity contribution in [2.45, 2.75) is 44.3 Å². The number of aliphatic hydroxyl groups is 1. The highest BCUT2D eigenvalue weighted by molar-refractivity contribution is 5.97. The lowest BCUT2D eigenvalue weighted by Crippen LogP contribution is -2.58. The number of aliphatic carboxylic acids is 1. The fraction of sp³-hybridized carbons (Fsp3) is 0.304. The summed E-state index contributed by atoms with van der Waals surface area (Å²) < 4.78 is 68.4. The van der Waals surface area contributed by atoms with E-state index in [1.165, 1.54) is 13.3 Å². The van der Waals surface area contributed by atoms with Crippen molar-refractivity contribution < 1.29 is 41.8 Å². The van der Waals surface area contributed by atoms with Gasteiger partial charge < -0.3 is 15.1 Å². The summed E-state index contributed by atoms with van der Waals surface area (Å²) in [5, 5.41) is 25.3. The highest BCUT2D eigenvalue weighted by Gasteiger charge is 2.46. The molecule has 0 aliphatic rings. The molecular weight excluding hydrogens is 491 g/mol. The van der Waals surface area contributed by atoms with Gasteiger partial charge in [0.25, 0.3) is 5.91 Å². The van der Waals surface area contributed by atoms with E-state index < -0.39 is 65.0 Å². The van der Waals surface area contributed by atoms with Crippen LogP contribution >= 0.6 is 0 Å². The molecule has 1 heterocycles. The van der Waals surface area contributed by atoms with Crippen LogP contribution in [0.4, 0.5) is 22.0 Å². The van der Waals surface area contributed by atoms with E-state index in [9.17, 15) is 41.8 Å². The predicted octanol–water partition coefficient (Wildman–Crippen LogP) is 3.47. The summed E-state index contributed by atoms with van der Waals surface area (Å²) in [6.45, 7) is 1.83. The number of rotatable bonds is 8. The third-order valence-corrected chi connectivity index (χ3v) is 5.84. The number of carbonyl (C=O) groups is 2. The van der Waals surface area contributed by atoms with Crippen LogP contribution < -0.4 is 0 Å². The summed E-state index contributed by atoms with van der Waals surface area (Å²) >= 11 is 0. The average molecular weight is 512 g/mol. The van der Waals surface area contributed by atoms with Gasteiger partial charge in [-0.05, 0) is 44.2 Å². The molecule has 0 bridgehead atoms. The van der Waals surface area contributed by atoms with E-state index in [-0.39, 0.29) is 5.56 Å². The summed E-state index contributed by atoms with van der Waals surface area (Å²) in [6.07, 6.45) is -2.36. The normalized spacial score (nSPS) is 15.1. The molecule has 0 radical (unpaired) electrons. The lowest BCUT2D eigenvalue weighted by atomic mass is 9.84. The van der Waals surface area contributed by atoms with Crippen molar-refractivity contribution >= 4 is 11.9 Å². The van der Waals surface area contributed by atoms with Crippen molar-refractivity contribution in [3.63, 3.8) is 0 Å². The number of carboxylic acids is 1. The number of halogens is 5. The smallest absolute Gasteiger partial charge is 0.416 e. The Bertz CT molecular complexity index is 1230. The molecule has 36 heavy (non-hydrogen) atoms. The molecule has 13 heteroatoms. The van der Waals surface area contributed by atoms with Gasteiger partial charge in [-0.3, -0.25) is 4.79 Å². The molecule has 192 valence electrons. The maximum atomic E-state index is 14.9. The van der Waals surface area contributed by atoms with Gasteiger partial charge in [-0.1, -0.05) is 6.07 Å². The van der Waals surface area contributed by atoms with Crippen molar-refractivity contribution in [1.82, 2.24) is 19.7 Å². The molecule has 0 aliphatic heterocycles. The van der Waals surface area contributed by atoms with E-state index in [0.717, 1.165) is 42.2 Å². The van der Waals surface area contributed by atoms with Crippen molar-refractivity contribution in [2.24, 2.45) is 0 Å². The van der Waals surface area contributed by atoms with E-state index in [1.54, 1.807) is 0 Å². The van der Waals surface area contributed by atoms with Crippen LogP contribution in [0.2, 0.25) is 0 Å². The number of alkyl halides is 3.